The van der Waals surface area contributed by atoms with Gasteiger partial charge in [-0.1, -0.05) is 50.3 Å². The van der Waals surface area contributed by atoms with Gasteiger partial charge in [-0.05, 0) is 57.0 Å². The molecular formula is C24H36N2O2. The Kier molecular flexibility index (Phi) is 6.36. The molecule has 0 aliphatic heterocycles. The van der Waals surface area contributed by atoms with E-state index in [1.54, 1.807) is 0 Å². The maximum Gasteiger partial charge on any atom is 0.410 e. The first-order valence-electron chi connectivity index (χ1n) is 10.8. The van der Waals surface area contributed by atoms with Crippen molar-refractivity contribution in [1.82, 2.24) is 9.47 Å². The Bertz CT molecular complexity index is 797. The molecule has 4 nitrogen and oxygen atoms in total. The second-order valence-electron chi connectivity index (χ2n) is 9.48. The molecule has 1 aliphatic rings. The summed E-state index contributed by atoms with van der Waals surface area (Å²) in [6, 6.07) is 8.63. The Labute approximate surface area is 169 Å². The van der Waals surface area contributed by atoms with E-state index in [2.05, 4.69) is 49.0 Å². The van der Waals surface area contributed by atoms with E-state index >= 15 is 0 Å². The number of carbonyl (C=O) groups is 1. The first kappa shape index (κ1) is 20.8. The Morgan fingerprint density at radius 3 is 2.61 bits per heavy atom. The number of hydrogen-bond donors (Lipinski definition) is 0. The van der Waals surface area contributed by atoms with Crippen LogP contribution in [0, 0.1) is 5.92 Å². The number of aromatic nitrogens is 1. The number of benzene rings is 1. The lowest BCUT2D eigenvalue weighted by molar-refractivity contribution is 0.0128. The standard InChI is InChI=1S/C24H36N2O2/c1-18(16-19-10-7-6-8-11-19)26(23(27)28-24(2,3)4)17-21-13-9-12-20-14-15-25(5)22(20)21/h9,12-15,18-19H,6-8,10-11,16-17H2,1-5H3. The summed E-state index contributed by atoms with van der Waals surface area (Å²) in [5, 5.41) is 1.21. The number of ether oxygens (including phenoxy) is 1. The maximum absolute atomic E-state index is 13.1. The van der Waals surface area contributed by atoms with Crippen molar-refractivity contribution in [1.29, 1.82) is 0 Å². The van der Waals surface area contributed by atoms with Gasteiger partial charge in [-0.2, -0.15) is 0 Å². The van der Waals surface area contributed by atoms with Gasteiger partial charge in [-0.3, -0.25) is 0 Å². The zero-order valence-electron chi connectivity index (χ0n) is 18.2. The van der Waals surface area contributed by atoms with Crippen molar-refractivity contribution in [3.63, 3.8) is 0 Å². The highest BCUT2D eigenvalue weighted by molar-refractivity contribution is 5.83. The third-order valence-electron chi connectivity index (χ3n) is 5.88. The van der Waals surface area contributed by atoms with Crippen LogP contribution in [0.1, 0.15) is 71.8 Å². The van der Waals surface area contributed by atoms with Gasteiger partial charge < -0.3 is 14.2 Å². The quantitative estimate of drug-likeness (QED) is 0.608. The van der Waals surface area contributed by atoms with Crippen LogP contribution >= 0.6 is 0 Å². The lowest BCUT2D eigenvalue weighted by Crippen LogP contribution is -2.42. The fourth-order valence-electron chi connectivity index (χ4n) is 4.51. The van der Waals surface area contributed by atoms with Crippen LogP contribution in [0.5, 0.6) is 0 Å². The highest BCUT2D eigenvalue weighted by Gasteiger charge is 2.29. The fraction of sp³-hybridized carbons (Fsp3) is 0.625. The number of hydrogen-bond acceptors (Lipinski definition) is 2. The molecule has 3 rings (SSSR count). The predicted molar refractivity (Wildman–Crippen MR) is 115 cm³/mol. The number of rotatable bonds is 5. The van der Waals surface area contributed by atoms with Crippen LogP contribution < -0.4 is 0 Å². The van der Waals surface area contributed by atoms with Gasteiger partial charge in [0.15, 0.2) is 0 Å². The average Bonchev–Trinajstić information content (AvgIpc) is 3.01. The maximum atomic E-state index is 13.1. The van der Waals surface area contributed by atoms with E-state index in [9.17, 15) is 4.79 Å². The van der Waals surface area contributed by atoms with Gasteiger partial charge in [-0.25, -0.2) is 4.79 Å². The van der Waals surface area contributed by atoms with Crippen LogP contribution in [0.3, 0.4) is 0 Å². The summed E-state index contributed by atoms with van der Waals surface area (Å²) < 4.78 is 7.93. The molecule has 0 radical (unpaired) electrons. The lowest BCUT2D eigenvalue weighted by Gasteiger charge is -2.34. The number of fused-ring (bicyclic) bond motifs is 1. The number of aryl methyl sites for hydroxylation is 1. The molecule has 28 heavy (non-hydrogen) atoms. The van der Waals surface area contributed by atoms with Gasteiger partial charge in [0.1, 0.15) is 5.60 Å². The fourth-order valence-corrected chi connectivity index (χ4v) is 4.51. The summed E-state index contributed by atoms with van der Waals surface area (Å²) in [5.41, 5.74) is 1.88. The number of para-hydroxylation sites is 1. The lowest BCUT2D eigenvalue weighted by atomic mass is 9.85. The topological polar surface area (TPSA) is 34.5 Å². The molecule has 1 aromatic heterocycles. The van der Waals surface area contributed by atoms with Crippen LogP contribution in [0.25, 0.3) is 10.9 Å². The van der Waals surface area contributed by atoms with Gasteiger partial charge in [0.25, 0.3) is 0 Å². The summed E-state index contributed by atoms with van der Waals surface area (Å²) in [5.74, 6) is 0.722. The van der Waals surface area contributed by atoms with E-state index in [0.29, 0.717) is 6.54 Å². The van der Waals surface area contributed by atoms with Crippen molar-refractivity contribution in [3.05, 3.63) is 36.0 Å². The van der Waals surface area contributed by atoms with E-state index in [0.717, 1.165) is 12.3 Å². The van der Waals surface area contributed by atoms with Crippen molar-refractivity contribution in [2.24, 2.45) is 13.0 Å². The van der Waals surface area contributed by atoms with Crippen molar-refractivity contribution in [3.8, 4) is 0 Å². The molecule has 1 aliphatic carbocycles. The average molecular weight is 385 g/mol. The Balaban J connectivity index is 1.84. The van der Waals surface area contributed by atoms with E-state index in [4.69, 9.17) is 4.74 Å². The smallest absolute Gasteiger partial charge is 0.410 e. The monoisotopic (exact) mass is 384 g/mol. The van der Waals surface area contributed by atoms with Gasteiger partial charge in [-0.15, -0.1) is 0 Å². The number of amides is 1. The first-order valence-corrected chi connectivity index (χ1v) is 10.8. The summed E-state index contributed by atoms with van der Waals surface area (Å²) in [6.45, 7) is 8.58. The van der Waals surface area contributed by atoms with Crippen molar-refractivity contribution < 1.29 is 9.53 Å². The van der Waals surface area contributed by atoms with Crippen LogP contribution in [0.2, 0.25) is 0 Å². The second kappa shape index (κ2) is 8.59. The van der Waals surface area contributed by atoms with Crippen molar-refractivity contribution in [2.45, 2.75) is 84.4 Å². The molecular weight excluding hydrogens is 348 g/mol. The van der Waals surface area contributed by atoms with E-state index in [1.165, 1.54) is 48.6 Å². The summed E-state index contributed by atoms with van der Waals surface area (Å²) in [7, 11) is 2.06. The van der Waals surface area contributed by atoms with E-state index in [-0.39, 0.29) is 12.1 Å². The molecule has 0 spiro atoms. The number of carbonyl (C=O) groups excluding carboxylic acids is 1. The molecule has 0 N–H and O–H groups in total. The van der Waals surface area contributed by atoms with Crippen LogP contribution in [-0.2, 0) is 18.3 Å². The molecule has 0 saturated heterocycles. The Morgan fingerprint density at radius 2 is 1.93 bits per heavy atom. The summed E-state index contributed by atoms with van der Waals surface area (Å²) in [4.78, 5) is 15.0. The van der Waals surface area contributed by atoms with Gasteiger partial charge in [0.2, 0.25) is 0 Å². The molecule has 1 saturated carbocycles. The van der Waals surface area contributed by atoms with Crippen molar-refractivity contribution >= 4 is 17.0 Å². The Hall–Kier alpha value is -1.97. The highest BCUT2D eigenvalue weighted by Crippen LogP contribution is 2.30. The molecule has 4 heteroatoms. The molecule has 1 fully saturated rings. The predicted octanol–water partition coefficient (Wildman–Crippen LogP) is 6.27. The van der Waals surface area contributed by atoms with Crippen LogP contribution in [0.4, 0.5) is 4.79 Å². The number of nitrogens with zero attached hydrogens (tertiary/aromatic N) is 2. The van der Waals surface area contributed by atoms with Crippen molar-refractivity contribution in [2.75, 3.05) is 0 Å². The minimum atomic E-state index is -0.489. The molecule has 1 atom stereocenters. The molecule has 1 aromatic carbocycles. The van der Waals surface area contributed by atoms with E-state index < -0.39 is 5.60 Å². The summed E-state index contributed by atoms with van der Waals surface area (Å²) in [6.07, 6.45) is 9.52. The molecule has 154 valence electrons. The second-order valence-corrected chi connectivity index (χ2v) is 9.48. The molecule has 1 unspecified atom stereocenters. The minimum absolute atomic E-state index is 0.161. The molecule has 0 bridgehead atoms. The van der Waals surface area contributed by atoms with Crippen LogP contribution in [-0.4, -0.2) is 27.2 Å². The van der Waals surface area contributed by atoms with Gasteiger partial charge in [0, 0.05) is 19.3 Å². The highest BCUT2D eigenvalue weighted by atomic mass is 16.6. The van der Waals surface area contributed by atoms with Gasteiger partial charge >= 0.3 is 6.09 Å². The molecule has 1 amide bonds. The third-order valence-corrected chi connectivity index (χ3v) is 5.88. The third kappa shape index (κ3) is 5.09. The minimum Gasteiger partial charge on any atom is -0.444 e. The molecule has 1 heterocycles. The largest absolute Gasteiger partial charge is 0.444 e. The summed E-state index contributed by atoms with van der Waals surface area (Å²) >= 11 is 0. The zero-order chi connectivity index (χ0) is 20.3. The van der Waals surface area contributed by atoms with Crippen LogP contribution in [0.15, 0.2) is 30.5 Å². The SMILES string of the molecule is CC(CC1CCCCC1)N(Cc1cccc2ccn(C)c12)C(=O)OC(C)(C)C. The first-order chi connectivity index (χ1) is 13.2. The van der Waals surface area contributed by atoms with E-state index in [1.807, 2.05) is 25.7 Å². The van der Waals surface area contributed by atoms with Gasteiger partial charge in [0.05, 0.1) is 12.1 Å². The zero-order valence-corrected chi connectivity index (χ0v) is 18.2. The molecule has 2 aromatic rings. The normalized spacial score (nSPS) is 16.9. The Morgan fingerprint density at radius 1 is 1.21 bits per heavy atom.